The Kier molecular flexibility index (Phi) is 6.39. The molecule has 0 radical (unpaired) electrons. The summed E-state index contributed by atoms with van der Waals surface area (Å²) in [7, 11) is -3.57. The molecule has 0 bridgehead atoms. The normalized spacial score (nSPS) is 18.3. The van der Waals surface area contributed by atoms with E-state index in [0.717, 1.165) is 12.8 Å². The number of rotatable bonds is 7. The van der Waals surface area contributed by atoms with Gasteiger partial charge in [-0.05, 0) is 43.5 Å². The van der Waals surface area contributed by atoms with Crippen molar-refractivity contribution in [3.05, 3.63) is 29.3 Å². The van der Waals surface area contributed by atoms with Crippen molar-refractivity contribution in [2.45, 2.75) is 30.6 Å². The quantitative estimate of drug-likeness (QED) is 0.686. The summed E-state index contributed by atoms with van der Waals surface area (Å²) in [4.78, 5) is 25.7. The van der Waals surface area contributed by atoms with E-state index in [1.54, 1.807) is 17.0 Å². The number of sulfonamides is 1. The summed E-state index contributed by atoms with van der Waals surface area (Å²) in [6.07, 6.45) is 2.89. The molecule has 0 atom stereocenters. The molecule has 3 rings (SSSR count). The molecule has 9 heteroatoms. The summed E-state index contributed by atoms with van der Waals surface area (Å²) in [6, 6.07) is 6.09. The van der Waals surface area contributed by atoms with Crippen molar-refractivity contribution in [3.8, 4) is 0 Å². The van der Waals surface area contributed by atoms with E-state index in [9.17, 15) is 18.0 Å². The van der Waals surface area contributed by atoms with E-state index < -0.39 is 10.0 Å². The fourth-order valence-electron chi connectivity index (χ4n) is 3.03. The third-order valence-corrected chi connectivity index (χ3v) is 7.02. The van der Waals surface area contributed by atoms with Gasteiger partial charge in [0.05, 0.1) is 4.90 Å². The molecule has 27 heavy (non-hydrogen) atoms. The van der Waals surface area contributed by atoms with Crippen LogP contribution in [0.1, 0.15) is 25.7 Å². The van der Waals surface area contributed by atoms with Crippen molar-refractivity contribution in [1.82, 2.24) is 14.5 Å². The predicted molar refractivity (Wildman–Crippen MR) is 102 cm³/mol. The molecule has 7 nitrogen and oxygen atoms in total. The monoisotopic (exact) mass is 413 g/mol. The molecule has 0 unspecified atom stereocenters. The molecule has 1 aromatic carbocycles. The molecule has 1 heterocycles. The van der Waals surface area contributed by atoms with Crippen molar-refractivity contribution in [1.29, 1.82) is 0 Å². The number of piperazine rings is 1. The molecule has 1 saturated carbocycles. The largest absolute Gasteiger partial charge is 0.356 e. The first-order valence-corrected chi connectivity index (χ1v) is 11.0. The molecule has 0 spiro atoms. The fourth-order valence-corrected chi connectivity index (χ4v) is 4.58. The molecular weight excluding hydrogens is 390 g/mol. The maximum atomic E-state index is 12.6. The third kappa shape index (κ3) is 5.21. The first kappa shape index (κ1) is 20.1. The summed E-state index contributed by atoms with van der Waals surface area (Å²) in [5, 5.41) is 3.33. The fraction of sp³-hybridized carbons (Fsp3) is 0.556. The minimum absolute atomic E-state index is 0.000730. The summed E-state index contributed by atoms with van der Waals surface area (Å²) in [6.45, 7) is 1.80. The zero-order valence-corrected chi connectivity index (χ0v) is 16.6. The van der Waals surface area contributed by atoms with Crippen LogP contribution in [0.15, 0.2) is 29.2 Å². The molecule has 1 saturated heterocycles. The van der Waals surface area contributed by atoms with E-state index >= 15 is 0 Å². The van der Waals surface area contributed by atoms with Gasteiger partial charge in [0.25, 0.3) is 0 Å². The molecule has 1 aliphatic carbocycles. The average Bonchev–Trinajstić information content (AvgIpc) is 3.50. The number of amides is 2. The molecule has 1 aliphatic heterocycles. The smallest absolute Gasteiger partial charge is 0.243 e. The summed E-state index contributed by atoms with van der Waals surface area (Å²) < 4.78 is 26.7. The van der Waals surface area contributed by atoms with Gasteiger partial charge in [0.1, 0.15) is 0 Å². The van der Waals surface area contributed by atoms with Crippen LogP contribution in [0.2, 0.25) is 5.02 Å². The summed E-state index contributed by atoms with van der Waals surface area (Å²) in [5.74, 6) is 0.263. The van der Waals surface area contributed by atoms with Gasteiger partial charge in [-0.3, -0.25) is 9.59 Å². The van der Waals surface area contributed by atoms with Crippen LogP contribution >= 0.6 is 11.6 Å². The van der Waals surface area contributed by atoms with Crippen LogP contribution in [0.4, 0.5) is 0 Å². The zero-order valence-electron chi connectivity index (χ0n) is 15.1. The zero-order chi connectivity index (χ0) is 19.4. The van der Waals surface area contributed by atoms with Crippen LogP contribution in [0.3, 0.4) is 0 Å². The number of carbonyl (C=O) groups excluding carboxylic acids is 2. The molecule has 2 amide bonds. The highest BCUT2D eigenvalue weighted by Crippen LogP contribution is 2.28. The number of hydrogen-bond donors (Lipinski definition) is 1. The van der Waals surface area contributed by atoms with E-state index in [-0.39, 0.29) is 35.7 Å². The maximum absolute atomic E-state index is 12.6. The second kappa shape index (κ2) is 8.58. The lowest BCUT2D eigenvalue weighted by molar-refractivity contribution is -0.132. The topological polar surface area (TPSA) is 86.8 Å². The Bertz CT molecular complexity index is 785. The lowest BCUT2D eigenvalue weighted by Gasteiger charge is -2.34. The van der Waals surface area contributed by atoms with Gasteiger partial charge in [0.15, 0.2) is 0 Å². The van der Waals surface area contributed by atoms with Crippen LogP contribution in [0.25, 0.3) is 0 Å². The Balaban J connectivity index is 1.43. The van der Waals surface area contributed by atoms with Crippen molar-refractivity contribution in [2.24, 2.45) is 5.92 Å². The first-order valence-electron chi connectivity index (χ1n) is 9.19. The Hall–Kier alpha value is -1.64. The number of hydrogen-bond acceptors (Lipinski definition) is 4. The van der Waals surface area contributed by atoms with Gasteiger partial charge < -0.3 is 10.2 Å². The van der Waals surface area contributed by atoms with E-state index in [1.165, 1.54) is 16.4 Å². The summed E-state index contributed by atoms with van der Waals surface area (Å²) >= 11 is 5.81. The lowest BCUT2D eigenvalue weighted by atomic mass is 10.2. The summed E-state index contributed by atoms with van der Waals surface area (Å²) in [5.41, 5.74) is 0. The van der Waals surface area contributed by atoms with Gasteiger partial charge in [-0.15, -0.1) is 0 Å². The van der Waals surface area contributed by atoms with Gasteiger partial charge in [0.2, 0.25) is 21.8 Å². The van der Waals surface area contributed by atoms with Gasteiger partial charge >= 0.3 is 0 Å². The predicted octanol–water partition coefficient (Wildman–Crippen LogP) is 1.48. The number of halogens is 1. The standard InChI is InChI=1S/C18H24ClN3O4S/c19-15-5-7-16(8-6-15)27(25,26)22-12-10-21(11-13-22)17(23)2-1-9-20-18(24)14-3-4-14/h5-8,14H,1-4,9-13H2,(H,20,24). The second-order valence-electron chi connectivity index (χ2n) is 6.91. The van der Waals surface area contributed by atoms with E-state index in [4.69, 9.17) is 11.6 Å². The van der Waals surface area contributed by atoms with Crippen molar-refractivity contribution in [2.75, 3.05) is 32.7 Å². The Morgan fingerprint density at radius 2 is 1.70 bits per heavy atom. The first-order chi connectivity index (χ1) is 12.9. The van der Waals surface area contributed by atoms with Crippen LogP contribution in [-0.4, -0.2) is 62.2 Å². The number of nitrogens with one attached hydrogen (secondary N) is 1. The number of benzene rings is 1. The van der Waals surface area contributed by atoms with E-state index in [1.807, 2.05) is 0 Å². The van der Waals surface area contributed by atoms with Crippen LogP contribution < -0.4 is 5.32 Å². The van der Waals surface area contributed by atoms with Crippen molar-refractivity contribution in [3.63, 3.8) is 0 Å². The molecule has 2 fully saturated rings. The molecule has 2 aliphatic rings. The maximum Gasteiger partial charge on any atom is 0.243 e. The van der Waals surface area contributed by atoms with E-state index in [0.29, 0.717) is 37.5 Å². The molecule has 0 aromatic heterocycles. The average molecular weight is 414 g/mol. The highest BCUT2D eigenvalue weighted by atomic mass is 35.5. The lowest BCUT2D eigenvalue weighted by Crippen LogP contribution is -2.50. The van der Waals surface area contributed by atoms with Crippen LogP contribution in [-0.2, 0) is 19.6 Å². The van der Waals surface area contributed by atoms with Crippen LogP contribution in [0.5, 0.6) is 0 Å². The van der Waals surface area contributed by atoms with Gasteiger partial charge in [0, 0.05) is 50.1 Å². The third-order valence-electron chi connectivity index (χ3n) is 4.86. The molecule has 1 N–H and O–H groups in total. The minimum Gasteiger partial charge on any atom is -0.356 e. The van der Waals surface area contributed by atoms with E-state index in [2.05, 4.69) is 5.32 Å². The van der Waals surface area contributed by atoms with Crippen LogP contribution in [0, 0.1) is 5.92 Å². The molecule has 148 valence electrons. The van der Waals surface area contributed by atoms with Crippen molar-refractivity contribution >= 4 is 33.4 Å². The van der Waals surface area contributed by atoms with Gasteiger partial charge in [-0.2, -0.15) is 4.31 Å². The highest BCUT2D eigenvalue weighted by Gasteiger charge is 2.30. The molecule has 1 aromatic rings. The van der Waals surface area contributed by atoms with Crippen molar-refractivity contribution < 1.29 is 18.0 Å². The molecular formula is C18H24ClN3O4S. The number of carbonyl (C=O) groups is 2. The van der Waals surface area contributed by atoms with Gasteiger partial charge in [-0.25, -0.2) is 8.42 Å². The Morgan fingerprint density at radius 3 is 2.30 bits per heavy atom. The Morgan fingerprint density at radius 1 is 1.07 bits per heavy atom. The highest BCUT2D eigenvalue weighted by molar-refractivity contribution is 7.89. The Labute approximate surface area is 164 Å². The van der Waals surface area contributed by atoms with Gasteiger partial charge in [-0.1, -0.05) is 11.6 Å². The minimum atomic E-state index is -3.57. The number of nitrogens with zero attached hydrogens (tertiary/aromatic N) is 2. The SMILES string of the molecule is O=C(NCCCC(=O)N1CCN(S(=O)(=O)c2ccc(Cl)cc2)CC1)C1CC1. The second-order valence-corrected chi connectivity index (χ2v) is 9.28.